The molecule has 118 valence electrons. The molecule has 0 N–H and O–H groups in total. The Morgan fingerprint density at radius 1 is 1.18 bits per heavy atom. The summed E-state index contributed by atoms with van der Waals surface area (Å²) in [6, 6.07) is 1.95. The number of rotatable bonds is 7. The van der Waals surface area contributed by atoms with Crippen LogP contribution in [0, 0.1) is 20.2 Å². The third-order valence-corrected chi connectivity index (χ3v) is 2.49. The van der Waals surface area contributed by atoms with Gasteiger partial charge in [0.1, 0.15) is 0 Å². The molecule has 1 unspecified atom stereocenters. The zero-order valence-electron chi connectivity index (χ0n) is 11.4. The molecule has 10 heteroatoms. The highest BCUT2D eigenvalue weighted by molar-refractivity contribution is 6.11. The molecule has 1 atom stereocenters. The SMILES string of the molecule is CCCOC(=O)C(F)C(=O)c1cc([N+](=O)[O-])cc([N+](=O)[O-])c1. The Morgan fingerprint density at radius 3 is 2.09 bits per heavy atom. The number of nitro groups is 2. The van der Waals surface area contributed by atoms with Gasteiger partial charge < -0.3 is 4.74 Å². The van der Waals surface area contributed by atoms with Crippen LogP contribution < -0.4 is 0 Å². The zero-order chi connectivity index (χ0) is 16.9. The predicted octanol–water partition coefficient (Wildman–Crippen LogP) is 1.98. The number of hydrogen-bond donors (Lipinski definition) is 0. The van der Waals surface area contributed by atoms with Gasteiger partial charge in [-0.2, -0.15) is 0 Å². The summed E-state index contributed by atoms with van der Waals surface area (Å²) in [7, 11) is 0. The fourth-order valence-corrected chi connectivity index (χ4v) is 1.48. The number of Topliss-reactive ketones (excluding diaryl/α,β-unsaturated/α-hetero) is 1. The Bertz CT molecular complexity index is 600. The monoisotopic (exact) mass is 314 g/mol. The number of nitrogens with zero attached hydrogens (tertiary/aromatic N) is 2. The number of benzene rings is 1. The number of nitro benzene ring substituents is 2. The van der Waals surface area contributed by atoms with Gasteiger partial charge in [-0.3, -0.25) is 25.0 Å². The lowest BCUT2D eigenvalue weighted by atomic mass is 10.1. The second-order valence-electron chi connectivity index (χ2n) is 4.15. The van der Waals surface area contributed by atoms with Gasteiger partial charge >= 0.3 is 5.97 Å². The molecular weight excluding hydrogens is 303 g/mol. The van der Waals surface area contributed by atoms with Crippen LogP contribution in [-0.2, 0) is 9.53 Å². The smallest absolute Gasteiger partial charge is 0.349 e. The van der Waals surface area contributed by atoms with Crippen molar-refractivity contribution in [3.63, 3.8) is 0 Å². The van der Waals surface area contributed by atoms with Gasteiger partial charge in [-0.05, 0) is 6.42 Å². The first-order valence-corrected chi connectivity index (χ1v) is 6.06. The number of esters is 1. The molecule has 1 aromatic carbocycles. The van der Waals surface area contributed by atoms with Gasteiger partial charge in [0.15, 0.2) is 0 Å². The highest BCUT2D eigenvalue weighted by Gasteiger charge is 2.31. The molecule has 0 amide bonds. The maximum atomic E-state index is 13.7. The second kappa shape index (κ2) is 7.20. The van der Waals surface area contributed by atoms with Crippen molar-refractivity contribution in [1.29, 1.82) is 0 Å². The Hall–Kier alpha value is -2.91. The molecule has 0 fully saturated rings. The van der Waals surface area contributed by atoms with Crippen molar-refractivity contribution >= 4 is 23.1 Å². The van der Waals surface area contributed by atoms with E-state index in [4.69, 9.17) is 0 Å². The molecular formula is C12H11FN2O7. The van der Waals surface area contributed by atoms with E-state index in [0.717, 1.165) is 0 Å². The number of carbonyl (C=O) groups is 2. The van der Waals surface area contributed by atoms with Gasteiger partial charge in [-0.1, -0.05) is 6.92 Å². The van der Waals surface area contributed by atoms with E-state index in [-0.39, 0.29) is 6.61 Å². The molecule has 0 aromatic heterocycles. The molecule has 0 aliphatic heterocycles. The first-order valence-electron chi connectivity index (χ1n) is 6.06. The Morgan fingerprint density at radius 2 is 1.68 bits per heavy atom. The van der Waals surface area contributed by atoms with Crippen LogP contribution in [0.1, 0.15) is 23.7 Å². The van der Waals surface area contributed by atoms with Gasteiger partial charge in [-0.15, -0.1) is 0 Å². The highest BCUT2D eigenvalue weighted by Crippen LogP contribution is 2.24. The average Bonchev–Trinajstić information content (AvgIpc) is 2.50. The van der Waals surface area contributed by atoms with Crippen LogP contribution in [0.5, 0.6) is 0 Å². The average molecular weight is 314 g/mol. The summed E-state index contributed by atoms with van der Waals surface area (Å²) in [6.45, 7) is 1.56. The van der Waals surface area contributed by atoms with Crippen LogP contribution in [0.25, 0.3) is 0 Å². The van der Waals surface area contributed by atoms with Crippen LogP contribution in [0.4, 0.5) is 15.8 Å². The van der Waals surface area contributed by atoms with E-state index in [1.165, 1.54) is 0 Å². The summed E-state index contributed by atoms with van der Waals surface area (Å²) in [5, 5.41) is 21.4. The standard InChI is InChI=1S/C12H11FN2O7/c1-2-3-22-12(17)10(13)11(16)7-4-8(14(18)19)6-9(5-7)15(20)21/h4-6,10H,2-3H2,1H3. The molecule has 0 bridgehead atoms. The van der Waals surface area contributed by atoms with Crippen molar-refractivity contribution in [3.8, 4) is 0 Å². The Kier molecular flexibility index (Phi) is 5.61. The number of halogens is 1. The van der Waals surface area contributed by atoms with Gasteiger partial charge in [0.2, 0.25) is 5.78 Å². The lowest BCUT2D eigenvalue weighted by Crippen LogP contribution is -2.28. The van der Waals surface area contributed by atoms with Gasteiger partial charge in [0, 0.05) is 17.7 Å². The van der Waals surface area contributed by atoms with E-state index in [2.05, 4.69) is 4.74 Å². The summed E-state index contributed by atoms with van der Waals surface area (Å²) in [4.78, 5) is 42.5. The maximum Gasteiger partial charge on any atom is 0.349 e. The van der Waals surface area contributed by atoms with Gasteiger partial charge in [0.25, 0.3) is 17.5 Å². The molecule has 0 saturated carbocycles. The van der Waals surface area contributed by atoms with E-state index in [9.17, 15) is 34.2 Å². The number of ketones is 1. The topological polar surface area (TPSA) is 130 Å². The lowest BCUT2D eigenvalue weighted by molar-refractivity contribution is -0.394. The molecule has 0 aliphatic carbocycles. The Labute approximate surface area is 123 Å². The van der Waals surface area contributed by atoms with Crippen molar-refractivity contribution in [3.05, 3.63) is 44.0 Å². The van der Waals surface area contributed by atoms with E-state index in [1.54, 1.807) is 6.92 Å². The minimum Gasteiger partial charge on any atom is -0.463 e. The summed E-state index contributed by atoms with van der Waals surface area (Å²) in [5.74, 6) is -2.88. The summed E-state index contributed by atoms with van der Waals surface area (Å²) >= 11 is 0. The van der Waals surface area contributed by atoms with Crippen LogP contribution in [0.3, 0.4) is 0 Å². The third-order valence-electron chi connectivity index (χ3n) is 2.49. The van der Waals surface area contributed by atoms with Crippen LogP contribution in [-0.4, -0.2) is 34.4 Å². The first kappa shape index (κ1) is 17.1. The van der Waals surface area contributed by atoms with E-state index < -0.39 is 44.7 Å². The molecule has 1 aromatic rings. The van der Waals surface area contributed by atoms with Crippen molar-refractivity contribution in [2.75, 3.05) is 6.61 Å². The third kappa shape index (κ3) is 4.04. The molecule has 0 spiro atoms. The van der Waals surface area contributed by atoms with Gasteiger partial charge in [0.05, 0.1) is 22.5 Å². The zero-order valence-corrected chi connectivity index (χ0v) is 11.4. The Balaban J connectivity index is 3.13. The summed E-state index contributed by atoms with van der Waals surface area (Å²) in [5.41, 5.74) is -2.17. The van der Waals surface area contributed by atoms with Crippen molar-refractivity contribution in [2.45, 2.75) is 19.5 Å². The number of ether oxygens (including phenoxy) is 1. The van der Waals surface area contributed by atoms with Crippen LogP contribution >= 0.6 is 0 Å². The minimum atomic E-state index is -2.70. The molecule has 9 nitrogen and oxygen atoms in total. The predicted molar refractivity (Wildman–Crippen MR) is 70.2 cm³/mol. The van der Waals surface area contributed by atoms with Gasteiger partial charge in [-0.25, -0.2) is 9.18 Å². The quantitative estimate of drug-likeness (QED) is 0.247. The van der Waals surface area contributed by atoms with E-state index in [1.807, 2.05) is 0 Å². The summed E-state index contributed by atoms with van der Waals surface area (Å²) in [6.07, 6.45) is -2.29. The van der Waals surface area contributed by atoms with Crippen molar-refractivity contribution in [1.82, 2.24) is 0 Å². The maximum absolute atomic E-state index is 13.7. The first-order chi connectivity index (χ1) is 10.3. The molecule has 0 radical (unpaired) electrons. The number of non-ortho nitro benzene ring substituents is 2. The van der Waals surface area contributed by atoms with Crippen molar-refractivity contribution in [2.24, 2.45) is 0 Å². The van der Waals surface area contributed by atoms with Crippen molar-refractivity contribution < 1.29 is 28.6 Å². The molecule has 1 rings (SSSR count). The van der Waals surface area contributed by atoms with Crippen LogP contribution in [0.15, 0.2) is 18.2 Å². The normalized spacial score (nSPS) is 11.5. The number of hydrogen-bond acceptors (Lipinski definition) is 7. The molecule has 0 aliphatic rings. The molecule has 0 heterocycles. The fourth-order valence-electron chi connectivity index (χ4n) is 1.48. The highest BCUT2D eigenvalue weighted by atomic mass is 19.1. The number of carbonyl (C=O) groups excluding carboxylic acids is 2. The largest absolute Gasteiger partial charge is 0.463 e. The van der Waals surface area contributed by atoms with E-state index in [0.29, 0.717) is 24.6 Å². The second-order valence-corrected chi connectivity index (χ2v) is 4.15. The minimum absolute atomic E-state index is 0.0956. The molecule has 22 heavy (non-hydrogen) atoms. The van der Waals surface area contributed by atoms with E-state index >= 15 is 0 Å². The fraction of sp³-hybridized carbons (Fsp3) is 0.333. The lowest BCUT2D eigenvalue weighted by Gasteiger charge is -2.07. The molecule has 0 saturated heterocycles. The van der Waals surface area contributed by atoms with Crippen LogP contribution in [0.2, 0.25) is 0 Å². The number of alkyl halides is 1. The summed E-state index contributed by atoms with van der Waals surface area (Å²) < 4.78 is 18.1.